The van der Waals surface area contributed by atoms with Crippen LogP contribution in [0.1, 0.15) is 10.6 Å². The molecule has 0 saturated heterocycles. The van der Waals surface area contributed by atoms with Gasteiger partial charge in [0, 0.05) is 18.5 Å². The Morgan fingerprint density at radius 3 is 3.00 bits per heavy atom. The standard InChI is InChI=1S/C11H10N4OS/c1-8-14-15-11(17-8)13-10(16)5-4-9-3-2-6-12-7-9/h2-7H,1H3,(H,13,15,16)/b5-4-. The fourth-order valence-electron chi connectivity index (χ4n) is 1.14. The van der Waals surface area contributed by atoms with E-state index in [0.717, 1.165) is 10.6 Å². The lowest BCUT2D eigenvalue weighted by molar-refractivity contribution is -0.111. The lowest BCUT2D eigenvalue weighted by Crippen LogP contribution is -2.07. The third kappa shape index (κ3) is 3.46. The normalized spacial score (nSPS) is 10.6. The summed E-state index contributed by atoms with van der Waals surface area (Å²) in [5.74, 6) is -0.231. The van der Waals surface area contributed by atoms with Gasteiger partial charge < -0.3 is 0 Å². The van der Waals surface area contributed by atoms with Crippen molar-refractivity contribution in [3.05, 3.63) is 41.2 Å². The molecule has 2 aromatic rings. The summed E-state index contributed by atoms with van der Waals surface area (Å²) in [4.78, 5) is 15.5. The molecule has 0 atom stereocenters. The van der Waals surface area contributed by atoms with Crippen LogP contribution in [0.2, 0.25) is 0 Å². The Bertz CT molecular complexity index is 535. The minimum absolute atomic E-state index is 0.231. The van der Waals surface area contributed by atoms with Gasteiger partial charge in [0.15, 0.2) is 0 Å². The number of aryl methyl sites for hydroxylation is 1. The predicted molar refractivity (Wildman–Crippen MR) is 66.5 cm³/mol. The van der Waals surface area contributed by atoms with Crippen LogP contribution in [0.15, 0.2) is 30.6 Å². The molecule has 86 valence electrons. The predicted octanol–water partition coefficient (Wildman–Crippen LogP) is 1.89. The molecule has 2 heterocycles. The summed E-state index contributed by atoms with van der Waals surface area (Å²) in [6.07, 6.45) is 6.49. The topological polar surface area (TPSA) is 67.8 Å². The zero-order chi connectivity index (χ0) is 12.1. The summed E-state index contributed by atoms with van der Waals surface area (Å²) in [7, 11) is 0. The second-order valence-electron chi connectivity index (χ2n) is 3.24. The van der Waals surface area contributed by atoms with Gasteiger partial charge in [0.1, 0.15) is 5.01 Å². The number of hydrogen-bond donors (Lipinski definition) is 1. The van der Waals surface area contributed by atoms with Gasteiger partial charge in [-0.15, -0.1) is 10.2 Å². The molecule has 1 amide bonds. The second-order valence-corrected chi connectivity index (χ2v) is 4.42. The van der Waals surface area contributed by atoms with Crippen LogP contribution in [0.3, 0.4) is 0 Å². The maximum atomic E-state index is 11.5. The maximum Gasteiger partial charge on any atom is 0.250 e. The van der Waals surface area contributed by atoms with Crippen LogP contribution in [-0.4, -0.2) is 21.1 Å². The molecule has 0 bridgehead atoms. The highest BCUT2D eigenvalue weighted by Gasteiger charge is 2.02. The molecule has 0 saturated carbocycles. The quantitative estimate of drug-likeness (QED) is 0.840. The number of pyridine rings is 1. The van der Waals surface area contributed by atoms with E-state index in [0.29, 0.717) is 5.13 Å². The molecule has 0 radical (unpaired) electrons. The molecular formula is C11H10N4OS. The Balaban J connectivity index is 1.96. The third-order valence-electron chi connectivity index (χ3n) is 1.87. The van der Waals surface area contributed by atoms with Crippen molar-refractivity contribution in [3.8, 4) is 0 Å². The Hall–Kier alpha value is -2.08. The molecule has 1 N–H and O–H groups in total. The highest BCUT2D eigenvalue weighted by atomic mass is 32.1. The number of carbonyl (C=O) groups is 1. The Labute approximate surface area is 102 Å². The zero-order valence-corrected chi connectivity index (χ0v) is 9.94. The number of hydrogen-bond acceptors (Lipinski definition) is 5. The number of carbonyl (C=O) groups excluding carboxylic acids is 1. The van der Waals surface area contributed by atoms with Crippen molar-refractivity contribution in [3.63, 3.8) is 0 Å². The molecule has 0 unspecified atom stereocenters. The fraction of sp³-hybridized carbons (Fsp3) is 0.0909. The Kier molecular flexibility index (Phi) is 3.56. The zero-order valence-electron chi connectivity index (χ0n) is 9.12. The molecule has 0 aliphatic heterocycles. The monoisotopic (exact) mass is 246 g/mol. The molecule has 0 spiro atoms. The highest BCUT2D eigenvalue weighted by molar-refractivity contribution is 7.15. The number of rotatable bonds is 3. The molecule has 5 nitrogen and oxygen atoms in total. The van der Waals surface area contributed by atoms with Crippen molar-refractivity contribution < 1.29 is 4.79 Å². The number of amides is 1. The molecule has 2 rings (SSSR count). The van der Waals surface area contributed by atoms with Crippen LogP contribution < -0.4 is 5.32 Å². The smallest absolute Gasteiger partial charge is 0.250 e. The van der Waals surface area contributed by atoms with Gasteiger partial charge in [-0.2, -0.15) is 0 Å². The average molecular weight is 246 g/mol. The summed E-state index contributed by atoms with van der Waals surface area (Å²) in [6.45, 7) is 1.83. The Morgan fingerprint density at radius 1 is 1.47 bits per heavy atom. The van der Waals surface area contributed by atoms with Crippen LogP contribution >= 0.6 is 11.3 Å². The van der Waals surface area contributed by atoms with Crippen LogP contribution in [0.25, 0.3) is 6.08 Å². The van der Waals surface area contributed by atoms with E-state index in [-0.39, 0.29) is 5.91 Å². The molecule has 0 fully saturated rings. The van der Waals surface area contributed by atoms with E-state index in [2.05, 4.69) is 20.5 Å². The van der Waals surface area contributed by atoms with Crippen LogP contribution in [0, 0.1) is 6.92 Å². The van der Waals surface area contributed by atoms with Gasteiger partial charge in [-0.1, -0.05) is 17.4 Å². The number of nitrogens with zero attached hydrogens (tertiary/aromatic N) is 3. The van der Waals surface area contributed by atoms with E-state index in [4.69, 9.17) is 0 Å². The first kappa shape index (κ1) is 11.4. The van der Waals surface area contributed by atoms with Gasteiger partial charge in [-0.25, -0.2) is 0 Å². The summed E-state index contributed by atoms with van der Waals surface area (Å²) in [5, 5.41) is 11.6. The van der Waals surface area contributed by atoms with Crippen LogP contribution in [-0.2, 0) is 4.79 Å². The second kappa shape index (κ2) is 5.31. The minimum atomic E-state index is -0.231. The fourth-order valence-corrected chi connectivity index (χ4v) is 1.74. The molecule has 6 heteroatoms. The number of anilines is 1. The van der Waals surface area contributed by atoms with E-state index in [1.54, 1.807) is 18.5 Å². The number of aromatic nitrogens is 3. The summed E-state index contributed by atoms with van der Waals surface area (Å²) in [5.41, 5.74) is 0.871. The van der Waals surface area contributed by atoms with Crippen molar-refractivity contribution in [2.75, 3.05) is 5.32 Å². The van der Waals surface area contributed by atoms with Gasteiger partial charge in [-0.3, -0.25) is 15.1 Å². The van der Waals surface area contributed by atoms with Gasteiger partial charge >= 0.3 is 0 Å². The first-order valence-corrected chi connectivity index (χ1v) is 5.75. The van der Waals surface area contributed by atoms with E-state index in [9.17, 15) is 4.79 Å². The van der Waals surface area contributed by atoms with E-state index < -0.39 is 0 Å². The highest BCUT2D eigenvalue weighted by Crippen LogP contribution is 2.13. The minimum Gasteiger partial charge on any atom is -0.297 e. The van der Waals surface area contributed by atoms with Crippen LogP contribution in [0.5, 0.6) is 0 Å². The summed E-state index contributed by atoms with van der Waals surface area (Å²) in [6, 6.07) is 3.68. The lowest BCUT2D eigenvalue weighted by Gasteiger charge is -1.94. The maximum absolute atomic E-state index is 11.5. The summed E-state index contributed by atoms with van der Waals surface area (Å²) < 4.78 is 0. The molecule has 17 heavy (non-hydrogen) atoms. The average Bonchev–Trinajstić information content (AvgIpc) is 2.73. The lowest BCUT2D eigenvalue weighted by atomic mass is 10.2. The molecule has 0 aromatic carbocycles. The first-order valence-electron chi connectivity index (χ1n) is 4.93. The summed E-state index contributed by atoms with van der Waals surface area (Å²) >= 11 is 1.34. The van der Waals surface area contributed by atoms with Crippen molar-refractivity contribution in [1.82, 2.24) is 15.2 Å². The van der Waals surface area contributed by atoms with Gasteiger partial charge in [-0.05, 0) is 24.6 Å². The number of nitrogens with one attached hydrogen (secondary N) is 1. The van der Waals surface area contributed by atoms with Crippen molar-refractivity contribution in [2.24, 2.45) is 0 Å². The van der Waals surface area contributed by atoms with Crippen molar-refractivity contribution in [2.45, 2.75) is 6.92 Å². The molecular weight excluding hydrogens is 236 g/mol. The Morgan fingerprint density at radius 2 is 2.35 bits per heavy atom. The van der Waals surface area contributed by atoms with E-state index in [1.807, 2.05) is 19.1 Å². The van der Waals surface area contributed by atoms with Crippen molar-refractivity contribution in [1.29, 1.82) is 0 Å². The van der Waals surface area contributed by atoms with Gasteiger partial charge in [0.05, 0.1) is 0 Å². The largest absolute Gasteiger partial charge is 0.297 e. The van der Waals surface area contributed by atoms with Gasteiger partial charge in [0.25, 0.3) is 0 Å². The van der Waals surface area contributed by atoms with E-state index in [1.165, 1.54) is 17.4 Å². The molecule has 0 aliphatic carbocycles. The molecule has 2 aromatic heterocycles. The van der Waals surface area contributed by atoms with E-state index >= 15 is 0 Å². The SMILES string of the molecule is Cc1nnc(NC(=O)/C=C\c2cccnc2)s1. The van der Waals surface area contributed by atoms with Crippen LogP contribution in [0.4, 0.5) is 5.13 Å². The molecule has 0 aliphatic rings. The first-order chi connectivity index (χ1) is 8.24. The van der Waals surface area contributed by atoms with Crippen molar-refractivity contribution >= 4 is 28.5 Å². The van der Waals surface area contributed by atoms with Gasteiger partial charge in [0.2, 0.25) is 11.0 Å². The third-order valence-corrected chi connectivity index (χ3v) is 2.62.